The molecule has 1 aromatic carbocycles. The van der Waals surface area contributed by atoms with E-state index in [0.29, 0.717) is 0 Å². The summed E-state index contributed by atoms with van der Waals surface area (Å²) in [6.07, 6.45) is 0. The predicted octanol–water partition coefficient (Wildman–Crippen LogP) is 1.37. The van der Waals surface area contributed by atoms with Gasteiger partial charge in [0.1, 0.15) is 18.0 Å². The molecule has 1 rings (SSSR count). The number of alkyl halides is 1. The van der Waals surface area contributed by atoms with Gasteiger partial charge < -0.3 is 9.84 Å². The minimum Gasteiger partial charge on any atom is -0.493 e. The quantitative estimate of drug-likeness (QED) is 0.822. The summed E-state index contributed by atoms with van der Waals surface area (Å²) in [5.74, 6) is -1.20. The molecular weight excluding hydrogens is 289 g/mol. The molecule has 0 aliphatic rings. The van der Waals surface area contributed by atoms with Gasteiger partial charge in [0.15, 0.2) is 0 Å². The van der Waals surface area contributed by atoms with Crippen molar-refractivity contribution < 1.29 is 27.4 Å². The van der Waals surface area contributed by atoms with Gasteiger partial charge in [-0.15, -0.1) is 0 Å². The van der Waals surface area contributed by atoms with Crippen molar-refractivity contribution >= 4 is 16.0 Å². The smallest absolute Gasteiger partial charge is 0.339 e. The van der Waals surface area contributed by atoms with Crippen molar-refractivity contribution in [3.63, 3.8) is 0 Å². The number of rotatable bonds is 7. The SMILES string of the molecule is CCOc1ccc(S(=O)(=O)N(C)CCF)cc1C(=O)O. The second-order valence-electron chi connectivity index (χ2n) is 3.91. The molecule has 0 aromatic heterocycles. The number of halogens is 1. The molecule has 0 atom stereocenters. The van der Waals surface area contributed by atoms with Crippen LogP contribution in [0.5, 0.6) is 5.75 Å². The number of hydrogen-bond donors (Lipinski definition) is 1. The Balaban J connectivity index is 3.27. The molecule has 0 fully saturated rings. The van der Waals surface area contributed by atoms with E-state index in [1.54, 1.807) is 6.92 Å². The van der Waals surface area contributed by atoms with Gasteiger partial charge in [-0.25, -0.2) is 17.6 Å². The fraction of sp³-hybridized carbons (Fsp3) is 0.417. The normalized spacial score (nSPS) is 11.6. The number of aromatic carboxylic acids is 1. The lowest BCUT2D eigenvalue weighted by molar-refractivity contribution is 0.0692. The fourth-order valence-corrected chi connectivity index (χ4v) is 2.71. The average Bonchev–Trinajstić information content (AvgIpc) is 2.39. The molecule has 112 valence electrons. The van der Waals surface area contributed by atoms with Gasteiger partial charge in [-0.2, -0.15) is 4.31 Å². The van der Waals surface area contributed by atoms with Gasteiger partial charge in [0.25, 0.3) is 0 Å². The monoisotopic (exact) mass is 305 g/mol. The zero-order chi connectivity index (χ0) is 15.3. The zero-order valence-corrected chi connectivity index (χ0v) is 12.0. The summed E-state index contributed by atoms with van der Waals surface area (Å²) in [6.45, 7) is 0.829. The number of benzene rings is 1. The highest BCUT2D eigenvalue weighted by molar-refractivity contribution is 7.89. The number of carboxylic acids is 1. The van der Waals surface area contributed by atoms with Crippen LogP contribution in [0.25, 0.3) is 0 Å². The van der Waals surface area contributed by atoms with Crippen molar-refractivity contribution in [2.75, 3.05) is 26.9 Å². The van der Waals surface area contributed by atoms with Crippen LogP contribution in [0.15, 0.2) is 23.1 Å². The second kappa shape index (κ2) is 6.67. The molecule has 0 aliphatic heterocycles. The average molecular weight is 305 g/mol. The highest BCUT2D eigenvalue weighted by Crippen LogP contribution is 2.24. The third-order valence-electron chi connectivity index (χ3n) is 2.59. The van der Waals surface area contributed by atoms with Crippen LogP contribution < -0.4 is 4.74 Å². The molecule has 1 aromatic rings. The number of sulfonamides is 1. The summed E-state index contributed by atoms with van der Waals surface area (Å²) < 4.78 is 42.4. The van der Waals surface area contributed by atoms with Gasteiger partial charge in [-0.3, -0.25) is 0 Å². The number of carboxylic acid groups (broad SMARTS) is 1. The van der Waals surface area contributed by atoms with Gasteiger partial charge in [0, 0.05) is 13.6 Å². The van der Waals surface area contributed by atoms with Crippen LogP contribution in [0.4, 0.5) is 4.39 Å². The van der Waals surface area contributed by atoms with Crippen molar-refractivity contribution in [3.8, 4) is 5.75 Å². The summed E-state index contributed by atoms with van der Waals surface area (Å²) in [5.41, 5.74) is -0.249. The van der Waals surface area contributed by atoms with E-state index in [4.69, 9.17) is 9.84 Å². The topological polar surface area (TPSA) is 83.9 Å². The Bertz CT molecular complexity index is 588. The predicted molar refractivity (Wildman–Crippen MR) is 70.4 cm³/mol. The highest BCUT2D eigenvalue weighted by atomic mass is 32.2. The van der Waals surface area contributed by atoms with Crippen molar-refractivity contribution in [1.29, 1.82) is 0 Å². The lowest BCUT2D eigenvalue weighted by Crippen LogP contribution is -2.29. The van der Waals surface area contributed by atoms with Gasteiger partial charge in [0.2, 0.25) is 10.0 Å². The minimum atomic E-state index is -3.91. The Morgan fingerprint density at radius 1 is 1.45 bits per heavy atom. The van der Waals surface area contributed by atoms with Crippen molar-refractivity contribution in [2.24, 2.45) is 0 Å². The van der Waals surface area contributed by atoms with Gasteiger partial charge in [-0.05, 0) is 25.1 Å². The molecule has 0 bridgehead atoms. The summed E-state index contributed by atoms with van der Waals surface area (Å²) in [4.78, 5) is 10.9. The van der Waals surface area contributed by atoms with Crippen LogP contribution in [-0.4, -0.2) is 50.7 Å². The van der Waals surface area contributed by atoms with E-state index in [2.05, 4.69) is 0 Å². The first-order valence-electron chi connectivity index (χ1n) is 5.87. The van der Waals surface area contributed by atoms with Crippen LogP contribution in [0.1, 0.15) is 17.3 Å². The van der Waals surface area contributed by atoms with E-state index in [1.807, 2.05) is 0 Å². The number of ether oxygens (including phenoxy) is 1. The summed E-state index contributed by atoms with van der Waals surface area (Å²) in [5, 5.41) is 9.08. The molecule has 0 heterocycles. The first kappa shape index (κ1) is 16.4. The standard InChI is InChI=1S/C12H16FNO5S/c1-3-19-11-5-4-9(8-10(11)12(15)16)20(17,18)14(2)7-6-13/h4-5,8H,3,6-7H2,1-2H3,(H,15,16). The molecule has 8 heteroatoms. The number of hydrogen-bond acceptors (Lipinski definition) is 4. The maximum atomic E-state index is 12.2. The van der Waals surface area contributed by atoms with Gasteiger partial charge >= 0.3 is 5.97 Å². The second-order valence-corrected chi connectivity index (χ2v) is 5.96. The van der Waals surface area contributed by atoms with Crippen LogP contribution >= 0.6 is 0 Å². The molecule has 0 radical (unpaired) electrons. The van der Waals surface area contributed by atoms with E-state index < -0.39 is 22.7 Å². The molecule has 0 saturated carbocycles. The third kappa shape index (κ3) is 3.45. The Kier molecular flexibility index (Phi) is 5.46. The molecule has 0 aliphatic carbocycles. The van der Waals surface area contributed by atoms with E-state index in [0.717, 1.165) is 10.4 Å². The molecular formula is C12H16FNO5S. The maximum Gasteiger partial charge on any atom is 0.339 e. The molecule has 0 spiro atoms. The van der Waals surface area contributed by atoms with Crippen molar-refractivity contribution in [1.82, 2.24) is 4.31 Å². The fourth-order valence-electron chi connectivity index (χ4n) is 1.54. The summed E-state index contributed by atoms with van der Waals surface area (Å²) in [6, 6.07) is 3.53. The van der Waals surface area contributed by atoms with E-state index in [1.165, 1.54) is 19.2 Å². The van der Waals surface area contributed by atoms with Crippen LogP contribution in [0.2, 0.25) is 0 Å². The number of carbonyl (C=O) groups is 1. The van der Waals surface area contributed by atoms with Crippen molar-refractivity contribution in [3.05, 3.63) is 23.8 Å². The molecule has 0 unspecified atom stereocenters. The number of nitrogens with zero attached hydrogens (tertiary/aromatic N) is 1. The Labute approximate surface area is 116 Å². The summed E-state index contributed by atoms with van der Waals surface area (Å²) in [7, 11) is -2.69. The molecule has 20 heavy (non-hydrogen) atoms. The van der Waals surface area contributed by atoms with Gasteiger partial charge in [-0.1, -0.05) is 0 Å². The third-order valence-corrected chi connectivity index (χ3v) is 4.44. The van der Waals surface area contributed by atoms with E-state index in [-0.39, 0.29) is 29.4 Å². The molecule has 1 N–H and O–H groups in total. The van der Waals surface area contributed by atoms with Crippen LogP contribution in [0, 0.1) is 0 Å². The lowest BCUT2D eigenvalue weighted by atomic mass is 10.2. The summed E-state index contributed by atoms with van der Waals surface area (Å²) >= 11 is 0. The first-order chi connectivity index (χ1) is 9.34. The van der Waals surface area contributed by atoms with Crippen molar-refractivity contribution in [2.45, 2.75) is 11.8 Å². The maximum absolute atomic E-state index is 12.2. The van der Waals surface area contributed by atoms with Gasteiger partial charge in [0.05, 0.1) is 11.5 Å². The lowest BCUT2D eigenvalue weighted by Gasteiger charge is -2.16. The zero-order valence-electron chi connectivity index (χ0n) is 11.2. The first-order valence-corrected chi connectivity index (χ1v) is 7.31. The highest BCUT2D eigenvalue weighted by Gasteiger charge is 2.23. The Morgan fingerprint density at radius 3 is 2.60 bits per heavy atom. The largest absolute Gasteiger partial charge is 0.493 e. The molecule has 6 nitrogen and oxygen atoms in total. The molecule has 0 saturated heterocycles. The van der Waals surface area contributed by atoms with Crippen LogP contribution in [-0.2, 0) is 10.0 Å². The van der Waals surface area contributed by atoms with Crippen LogP contribution in [0.3, 0.4) is 0 Å². The van der Waals surface area contributed by atoms with E-state index in [9.17, 15) is 17.6 Å². The molecule has 0 amide bonds. The Hall–Kier alpha value is -1.67. The minimum absolute atomic E-state index is 0.0899. The van der Waals surface area contributed by atoms with E-state index >= 15 is 0 Å². The Morgan fingerprint density at radius 2 is 2.10 bits per heavy atom.